The molecule has 0 aliphatic carbocycles. The summed E-state index contributed by atoms with van der Waals surface area (Å²) in [7, 11) is 0. The molecule has 0 heterocycles. The minimum absolute atomic E-state index is 0.171. The molecule has 0 bridgehead atoms. The van der Waals surface area contributed by atoms with Crippen LogP contribution < -0.4 is 16.0 Å². The summed E-state index contributed by atoms with van der Waals surface area (Å²) in [5.41, 5.74) is 3.20. The summed E-state index contributed by atoms with van der Waals surface area (Å²) in [6, 6.07) is 5.78. The number of nitrogens with two attached hydrogens (primary N) is 1. The Morgan fingerprint density at radius 2 is 2.31 bits per heavy atom. The molecule has 0 unspecified atom stereocenters. The molecule has 5 heteroatoms. The topological polar surface area (TPSA) is 64.3 Å². The fraction of sp³-hybridized carbons (Fsp3) is 0.364. The first-order valence-corrected chi connectivity index (χ1v) is 5.81. The van der Waals surface area contributed by atoms with E-state index in [2.05, 4.69) is 21.4 Å². The second-order valence-electron chi connectivity index (χ2n) is 3.43. The molecule has 1 rings (SSSR count). The van der Waals surface area contributed by atoms with Gasteiger partial charge in [0.15, 0.2) is 0 Å². The molecule has 1 aromatic rings. The number of carbonyl (C=O) groups is 1. The van der Waals surface area contributed by atoms with Gasteiger partial charge in [-0.1, -0.05) is 15.9 Å². The van der Waals surface area contributed by atoms with Crippen molar-refractivity contribution in [2.24, 2.45) is 5.84 Å². The third-order valence-corrected chi connectivity index (χ3v) is 3.00. The van der Waals surface area contributed by atoms with E-state index in [9.17, 15) is 4.79 Å². The number of aryl methyl sites for hydroxylation is 1. The molecule has 1 aromatic carbocycles. The van der Waals surface area contributed by atoms with Gasteiger partial charge in [0.25, 0.3) is 0 Å². The number of hydrazine groups is 1. The van der Waals surface area contributed by atoms with E-state index in [0.29, 0.717) is 19.4 Å². The van der Waals surface area contributed by atoms with Crippen molar-refractivity contribution in [2.75, 3.05) is 6.61 Å². The Morgan fingerprint density at radius 3 is 2.94 bits per heavy atom. The minimum Gasteiger partial charge on any atom is -0.494 e. The molecule has 1 amide bonds. The molecular weight excluding hydrogens is 272 g/mol. The lowest BCUT2D eigenvalue weighted by molar-refractivity contribution is -0.121. The van der Waals surface area contributed by atoms with Gasteiger partial charge in [0.05, 0.1) is 6.61 Å². The fourth-order valence-corrected chi connectivity index (χ4v) is 1.45. The van der Waals surface area contributed by atoms with Crippen LogP contribution in [-0.2, 0) is 4.79 Å². The molecule has 0 atom stereocenters. The molecule has 0 saturated carbocycles. The molecule has 0 aliphatic rings. The van der Waals surface area contributed by atoms with Gasteiger partial charge in [-0.3, -0.25) is 10.2 Å². The average Bonchev–Trinajstić information content (AvgIpc) is 2.28. The summed E-state index contributed by atoms with van der Waals surface area (Å²) in [5, 5.41) is 0. The third-order valence-electron chi connectivity index (χ3n) is 2.11. The highest BCUT2D eigenvalue weighted by Crippen LogP contribution is 2.21. The molecule has 0 radical (unpaired) electrons. The number of benzene rings is 1. The van der Waals surface area contributed by atoms with Crippen LogP contribution in [-0.4, -0.2) is 12.5 Å². The smallest absolute Gasteiger partial charge is 0.234 e. The highest BCUT2D eigenvalue weighted by molar-refractivity contribution is 9.10. The average molecular weight is 287 g/mol. The van der Waals surface area contributed by atoms with E-state index in [1.54, 1.807) is 0 Å². The molecular formula is C11H15BrN2O2. The first kappa shape index (κ1) is 13.0. The van der Waals surface area contributed by atoms with Crippen LogP contribution in [0, 0.1) is 6.92 Å². The molecule has 3 N–H and O–H groups in total. The number of rotatable bonds is 5. The van der Waals surface area contributed by atoms with Gasteiger partial charge < -0.3 is 4.74 Å². The number of carbonyl (C=O) groups excluding carboxylic acids is 1. The fourth-order valence-electron chi connectivity index (χ4n) is 1.20. The number of halogens is 1. The number of hydrogen-bond donors (Lipinski definition) is 2. The van der Waals surface area contributed by atoms with Crippen LogP contribution in [0.3, 0.4) is 0 Å². The number of hydrogen-bond acceptors (Lipinski definition) is 3. The predicted molar refractivity (Wildman–Crippen MR) is 65.9 cm³/mol. The maximum absolute atomic E-state index is 10.8. The monoisotopic (exact) mass is 286 g/mol. The zero-order valence-electron chi connectivity index (χ0n) is 9.13. The Bertz CT molecular complexity index is 369. The number of ether oxygens (including phenoxy) is 1. The molecule has 88 valence electrons. The van der Waals surface area contributed by atoms with E-state index >= 15 is 0 Å². The summed E-state index contributed by atoms with van der Waals surface area (Å²) in [6.07, 6.45) is 1.03. The third kappa shape index (κ3) is 4.20. The summed E-state index contributed by atoms with van der Waals surface area (Å²) < 4.78 is 6.55. The maximum atomic E-state index is 10.8. The minimum atomic E-state index is -0.171. The van der Waals surface area contributed by atoms with E-state index in [4.69, 9.17) is 10.6 Å². The summed E-state index contributed by atoms with van der Waals surface area (Å²) in [4.78, 5) is 10.8. The highest BCUT2D eigenvalue weighted by atomic mass is 79.9. The predicted octanol–water partition coefficient (Wildman–Crippen LogP) is 1.91. The number of amides is 1. The molecule has 0 aliphatic heterocycles. The van der Waals surface area contributed by atoms with E-state index in [0.717, 1.165) is 15.8 Å². The quantitative estimate of drug-likeness (QED) is 0.376. The highest BCUT2D eigenvalue weighted by Gasteiger charge is 2.00. The van der Waals surface area contributed by atoms with Crippen molar-refractivity contribution in [2.45, 2.75) is 19.8 Å². The second-order valence-corrected chi connectivity index (χ2v) is 4.28. The lowest BCUT2D eigenvalue weighted by atomic mass is 10.2. The van der Waals surface area contributed by atoms with Crippen LogP contribution in [0.1, 0.15) is 18.4 Å². The van der Waals surface area contributed by atoms with Crippen LogP contribution >= 0.6 is 15.9 Å². The van der Waals surface area contributed by atoms with E-state index in [1.165, 1.54) is 0 Å². The molecule has 0 saturated heterocycles. The molecule has 4 nitrogen and oxygen atoms in total. The van der Waals surface area contributed by atoms with E-state index < -0.39 is 0 Å². The molecule has 16 heavy (non-hydrogen) atoms. The molecule has 0 fully saturated rings. The zero-order valence-corrected chi connectivity index (χ0v) is 10.7. The second kappa shape index (κ2) is 6.50. The van der Waals surface area contributed by atoms with Crippen molar-refractivity contribution in [3.8, 4) is 5.75 Å². The van der Waals surface area contributed by atoms with Crippen LogP contribution in [0.4, 0.5) is 0 Å². The Kier molecular flexibility index (Phi) is 5.28. The van der Waals surface area contributed by atoms with Gasteiger partial charge in [-0.25, -0.2) is 5.84 Å². The lowest BCUT2D eigenvalue weighted by Gasteiger charge is -2.07. The van der Waals surface area contributed by atoms with Crippen LogP contribution in [0.2, 0.25) is 0 Å². The Morgan fingerprint density at radius 1 is 1.56 bits per heavy atom. The maximum Gasteiger partial charge on any atom is 0.234 e. The van der Waals surface area contributed by atoms with Gasteiger partial charge in [0.2, 0.25) is 5.91 Å². The van der Waals surface area contributed by atoms with Gasteiger partial charge >= 0.3 is 0 Å². The Labute approximate surface area is 103 Å². The van der Waals surface area contributed by atoms with Crippen LogP contribution in [0.15, 0.2) is 22.7 Å². The van der Waals surface area contributed by atoms with Gasteiger partial charge in [-0.15, -0.1) is 0 Å². The van der Waals surface area contributed by atoms with Crippen molar-refractivity contribution >= 4 is 21.8 Å². The SMILES string of the molecule is Cc1cc(OCCCC(=O)NN)ccc1Br. The normalized spacial score (nSPS) is 9.94. The van der Waals surface area contributed by atoms with Crippen LogP contribution in [0.5, 0.6) is 5.75 Å². The number of nitrogens with one attached hydrogen (secondary N) is 1. The van der Waals surface area contributed by atoms with Crippen molar-refractivity contribution in [1.29, 1.82) is 0 Å². The lowest BCUT2D eigenvalue weighted by Crippen LogP contribution is -2.29. The van der Waals surface area contributed by atoms with Gasteiger partial charge in [0, 0.05) is 10.9 Å². The van der Waals surface area contributed by atoms with Crippen molar-refractivity contribution in [3.05, 3.63) is 28.2 Å². The Balaban J connectivity index is 2.32. The van der Waals surface area contributed by atoms with Gasteiger partial charge in [-0.2, -0.15) is 0 Å². The summed E-state index contributed by atoms with van der Waals surface area (Å²) in [5.74, 6) is 5.60. The van der Waals surface area contributed by atoms with E-state index in [1.807, 2.05) is 25.1 Å². The molecule has 0 aromatic heterocycles. The zero-order chi connectivity index (χ0) is 12.0. The largest absolute Gasteiger partial charge is 0.494 e. The first-order chi connectivity index (χ1) is 7.63. The summed E-state index contributed by atoms with van der Waals surface area (Å²) in [6.45, 7) is 2.51. The molecule has 0 spiro atoms. The first-order valence-electron chi connectivity index (χ1n) is 5.02. The van der Waals surface area contributed by atoms with Crippen LogP contribution in [0.25, 0.3) is 0 Å². The van der Waals surface area contributed by atoms with E-state index in [-0.39, 0.29) is 5.91 Å². The summed E-state index contributed by atoms with van der Waals surface area (Å²) >= 11 is 3.42. The van der Waals surface area contributed by atoms with Crippen molar-refractivity contribution in [3.63, 3.8) is 0 Å². The van der Waals surface area contributed by atoms with Gasteiger partial charge in [-0.05, 0) is 37.1 Å². The van der Waals surface area contributed by atoms with Crippen molar-refractivity contribution in [1.82, 2.24) is 5.43 Å². The van der Waals surface area contributed by atoms with Crippen molar-refractivity contribution < 1.29 is 9.53 Å². The Hall–Kier alpha value is -1.07. The van der Waals surface area contributed by atoms with Gasteiger partial charge in [0.1, 0.15) is 5.75 Å². The standard InChI is InChI=1S/C11H15BrN2O2/c1-8-7-9(4-5-10(8)12)16-6-2-3-11(15)14-13/h4-5,7H,2-3,6,13H2,1H3,(H,14,15).